The van der Waals surface area contributed by atoms with Gasteiger partial charge in [-0.15, -0.1) is 0 Å². The van der Waals surface area contributed by atoms with Gasteiger partial charge in [-0.1, -0.05) is 64.0 Å². The molecule has 0 spiro atoms. The summed E-state index contributed by atoms with van der Waals surface area (Å²) >= 11 is 0. The van der Waals surface area contributed by atoms with E-state index in [2.05, 4.69) is 6.92 Å². The highest BCUT2D eigenvalue weighted by atomic mass is 19.2. The molecule has 0 saturated heterocycles. The summed E-state index contributed by atoms with van der Waals surface area (Å²) in [5.41, 5.74) is 0.663. The van der Waals surface area contributed by atoms with Crippen LogP contribution in [0.2, 0.25) is 0 Å². The van der Waals surface area contributed by atoms with E-state index in [4.69, 9.17) is 4.74 Å². The second-order valence-corrected chi connectivity index (χ2v) is 6.61. The molecule has 2 rings (SSSR count). The molecule has 2 aromatic rings. The van der Waals surface area contributed by atoms with E-state index in [9.17, 15) is 13.9 Å². The van der Waals surface area contributed by atoms with Crippen LogP contribution in [-0.2, 0) is 0 Å². The highest BCUT2D eigenvalue weighted by Crippen LogP contribution is 2.30. The van der Waals surface area contributed by atoms with Gasteiger partial charge in [0, 0.05) is 5.56 Å². The Labute approximate surface area is 154 Å². The van der Waals surface area contributed by atoms with Crippen LogP contribution < -0.4 is 4.74 Å². The van der Waals surface area contributed by atoms with Gasteiger partial charge in [-0.3, -0.25) is 0 Å². The summed E-state index contributed by atoms with van der Waals surface area (Å²) in [6, 6.07) is 9.41. The number of halogens is 2. The summed E-state index contributed by atoms with van der Waals surface area (Å²) < 4.78 is 33.1. The van der Waals surface area contributed by atoms with Crippen LogP contribution in [-0.4, -0.2) is 11.7 Å². The van der Waals surface area contributed by atoms with Gasteiger partial charge in [-0.2, -0.15) is 4.39 Å². The van der Waals surface area contributed by atoms with Crippen molar-refractivity contribution >= 4 is 0 Å². The third-order valence-corrected chi connectivity index (χ3v) is 4.49. The molecule has 1 N–H and O–H groups in total. The van der Waals surface area contributed by atoms with Crippen LogP contribution >= 0.6 is 0 Å². The average Bonchev–Trinajstić information content (AvgIpc) is 2.66. The van der Waals surface area contributed by atoms with Crippen LogP contribution in [0, 0.1) is 11.6 Å². The summed E-state index contributed by atoms with van der Waals surface area (Å²) in [6.45, 7) is 2.89. The van der Waals surface area contributed by atoms with Crippen molar-refractivity contribution in [3.05, 3.63) is 48.0 Å². The maximum absolute atomic E-state index is 13.9. The number of phenolic OH excluding ortho intramolecular Hbond substituents is 1. The highest BCUT2D eigenvalue weighted by molar-refractivity contribution is 5.65. The first-order valence-corrected chi connectivity index (χ1v) is 9.53. The summed E-state index contributed by atoms with van der Waals surface area (Å²) in [4.78, 5) is 0. The third-order valence-electron chi connectivity index (χ3n) is 4.49. The summed E-state index contributed by atoms with van der Waals surface area (Å²) in [6.07, 6.45) is 10.0. The summed E-state index contributed by atoms with van der Waals surface area (Å²) in [5, 5.41) is 9.19. The lowest BCUT2D eigenvalue weighted by atomic mass is 10.0. The normalized spacial score (nSPS) is 10.9. The monoisotopic (exact) mass is 362 g/mol. The molecule has 0 heterocycles. The van der Waals surface area contributed by atoms with E-state index >= 15 is 0 Å². The molecule has 0 radical (unpaired) electrons. The van der Waals surface area contributed by atoms with E-state index in [1.807, 2.05) is 0 Å². The number of ether oxygens (including phenoxy) is 1. The van der Waals surface area contributed by atoms with E-state index < -0.39 is 17.4 Å². The highest BCUT2D eigenvalue weighted by Gasteiger charge is 2.14. The minimum absolute atomic E-state index is 0.120. The van der Waals surface area contributed by atoms with Crippen LogP contribution in [0.1, 0.15) is 58.3 Å². The molecule has 2 aromatic carbocycles. The maximum Gasteiger partial charge on any atom is 0.200 e. The first kappa shape index (κ1) is 20.2. The second kappa shape index (κ2) is 10.8. The molecule has 0 aromatic heterocycles. The van der Waals surface area contributed by atoms with Crippen molar-refractivity contribution in [2.45, 2.75) is 58.3 Å². The molecule has 0 aliphatic heterocycles. The third kappa shape index (κ3) is 6.01. The smallest absolute Gasteiger partial charge is 0.200 e. The van der Waals surface area contributed by atoms with E-state index in [1.54, 1.807) is 24.3 Å². The second-order valence-electron chi connectivity index (χ2n) is 6.61. The predicted octanol–water partition coefficient (Wildman–Crippen LogP) is 6.86. The SMILES string of the molecule is CCCCCCCCCCOc1ccc(-c2ccc(O)c(F)c2F)cc1. The molecule has 0 aliphatic rings. The molecule has 0 bridgehead atoms. The van der Waals surface area contributed by atoms with Gasteiger partial charge in [0.1, 0.15) is 5.75 Å². The standard InChI is InChI=1S/C22H28F2O2/c1-2-3-4-5-6-7-8-9-16-26-18-12-10-17(11-13-18)19-14-15-20(25)22(24)21(19)23/h10-15,25H,2-9,16H2,1H3. The molecule has 26 heavy (non-hydrogen) atoms. The minimum Gasteiger partial charge on any atom is -0.505 e. The molecule has 0 amide bonds. The van der Waals surface area contributed by atoms with Gasteiger partial charge in [-0.25, -0.2) is 4.39 Å². The molecule has 0 fully saturated rings. The van der Waals surface area contributed by atoms with Gasteiger partial charge in [0.2, 0.25) is 5.82 Å². The average molecular weight is 362 g/mol. The molecule has 0 unspecified atom stereocenters. The van der Waals surface area contributed by atoms with Gasteiger partial charge < -0.3 is 9.84 Å². The quantitative estimate of drug-likeness (QED) is 0.443. The lowest BCUT2D eigenvalue weighted by Crippen LogP contribution is -1.97. The largest absolute Gasteiger partial charge is 0.505 e. The summed E-state index contributed by atoms with van der Waals surface area (Å²) in [5.74, 6) is -2.23. The Bertz CT molecular complexity index is 669. The first-order valence-electron chi connectivity index (χ1n) is 9.53. The van der Waals surface area contributed by atoms with Gasteiger partial charge in [0.25, 0.3) is 0 Å². The van der Waals surface area contributed by atoms with Gasteiger partial charge in [-0.05, 0) is 36.2 Å². The fraction of sp³-hybridized carbons (Fsp3) is 0.455. The zero-order valence-corrected chi connectivity index (χ0v) is 15.4. The van der Waals surface area contributed by atoms with E-state index in [0.29, 0.717) is 12.2 Å². The Balaban J connectivity index is 1.74. The van der Waals surface area contributed by atoms with Crippen molar-refractivity contribution in [1.29, 1.82) is 0 Å². The number of benzene rings is 2. The lowest BCUT2D eigenvalue weighted by molar-refractivity contribution is 0.304. The molecule has 0 aliphatic carbocycles. The Morgan fingerprint density at radius 1 is 0.769 bits per heavy atom. The molecule has 142 valence electrons. The summed E-state index contributed by atoms with van der Waals surface area (Å²) in [7, 11) is 0. The van der Waals surface area contributed by atoms with Crippen LogP contribution in [0.25, 0.3) is 11.1 Å². The molecule has 2 nitrogen and oxygen atoms in total. The number of unbranched alkanes of at least 4 members (excludes halogenated alkanes) is 7. The number of hydrogen-bond acceptors (Lipinski definition) is 2. The Kier molecular flexibility index (Phi) is 8.39. The van der Waals surface area contributed by atoms with Gasteiger partial charge >= 0.3 is 0 Å². The Hall–Kier alpha value is -2.10. The van der Waals surface area contributed by atoms with Crippen LogP contribution in [0.5, 0.6) is 11.5 Å². The fourth-order valence-corrected chi connectivity index (χ4v) is 2.92. The minimum atomic E-state index is -1.22. The van der Waals surface area contributed by atoms with Gasteiger partial charge in [0.15, 0.2) is 11.6 Å². The molecule has 0 atom stereocenters. The van der Waals surface area contributed by atoms with Crippen molar-refractivity contribution < 1.29 is 18.6 Å². The fourth-order valence-electron chi connectivity index (χ4n) is 2.92. The number of rotatable bonds is 11. The maximum atomic E-state index is 13.9. The molecular weight excluding hydrogens is 334 g/mol. The Morgan fingerprint density at radius 3 is 2.04 bits per heavy atom. The predicted molar refractivity (Wildman–Crippen MR) is 102 cm³/mol. The Morgan fingerprint density at radius 2 is 1.38 bits per heavy atom. The zero-order valence-electron chi connectivity index (χ0n) is 15.4. The van der Waals surface area contributed by atoms with Crippen molar-refractivity contribution in [3.63, 3.8) is 0 Å². The van der Waals surface area contributed by atoms with Crippen molar-refractivity contribution in [3.8, 4) is 22.6 Å². The number of phenols is 1. The molecular formula is C22H28F2O2. The van der Waals surface area contributed by atoms with Crippen LogP contribution in [0.15, 0.2) is 36.4 Å². The van der Waals surface area contributed by atoms with Crippen molar-refractivity contribution in [2.75, 3.05) is 6.61 Å². The van der Waals surface area contributed by atoms with E-state index in [1.165, 1.54) is 51.0 Å². The van der Waals surface area contributed by atoms with Crippen molar-refractivity contribution in [1.82, 2.24) is 0 Å². The molecule has 4 heteroatoms. The van der Waals surface area contributed by atoms with Crippen LogP contribution in [0.4, 0.5) is 8.78 Å². The lowest BCUT2D eigenvalue weighted by Gasteiger charge is -2.09. The molecule has 0 saturated carbocycles. The first-order chi connectivity index (χ1) is 12.6. The van der Waals surface area contributed by atoms with Crippen molar-refractivity contribution in [2.24, 2.45) is 0 Å². The number of hydrogen-bond donors (Lipinski definition) is 1. The topological polar surface area (TPSA) is 29.5 Å². The van der Waals surface area contributed by atoms with E-state index in [0.717, 1.165) is 18.2 Å². The number of aromatic hydroxyl groups is 1. The zero-order chi connectivity index (χ0) is 18.8. The van der Waals surface area contributed by atoms with E-state index in [-0.39, 0.29) is 5.56 Å². The van der Waals surface area contributed by atoms with Gasteiger partial charge in [0.05, 0.1) is 6.61 Å². The van der Waals surface area contributed by atoms with Crippen LogP contribution in [0.3, 0.4) is 0 Å².